The van der Waals surface area contributed by atoms with Crippen molar-refractivity contribution in [2.45, 2.75) is 26.7 Å². The average molecular weight is 207 g/mol. The van der Waals surface area contributed by atoms with Gasteiger partial charge in [0.1, 0.15) is 0 Å². The summed E-state index contributed by atoms with van der Waals surface area (Å²) in [4.78, 5) is 0. The van der Waals surface area contributed by atoms with Crippen molar-refractivity contribution in [1.29, 1.82) is 0 Å². The summed E-state index contributed by atoms with van der Waals surface area (Å²) in [6.07, 6.45) is 1.94. The van der Waals surface area contributed by atoms with Crippen molar-refractivity contribution in [3.05, 3.63) is 34.9 Å². The molecule has 0 heterocycles. The van der Waals surface area contributed by atoms with Crippen LogP contribution in [0.4, 0.5) is 0 Å². The molecule has 0 amide bonds. The van der Waals surface area contributed by atoms with E-state index in [1.54, 1.807) is 0 Å². The largest absolute Gasteiger partial charge is 0.103 e. The molecule has 0 aliphatic heterocycles. The number of halogens is 1. The van der Waals surface area contributed by atoms with Gasteiger partial charge in [-0.2, -0.15) is 0 Å². The van der Waals surface area contributed by atoms with Crippen molar-refractivity contribution < 1.29 is 0 Å². The molecule has 0 bridgehead atoms. The number of hydrogen-bond donors (Lipinski definition) is 0. The summed E-state index contributed by atoms with van der Waals surface area (Å²) < 4.78 is 0. The van der Waals surface area contributed by atoms with Crippen molar-refractivity contribution in [3.63, 3.8) is 0 Å². The zero-order valence-electron chi connectivity index (χ0n) is 8.68. The molecule has 0 N–H and O–H groups in total. The van der Waals surface area contributed by atoms with Crippen LogP contribution in [0.25, 0.3) is 0 Å². The topological polar surface area (TPSA) is 0 Å². The lowest BCUT2D eigenvalue weighted by Gasteiger charge is -2.03. The van der Waals surface area contributed by atoms with Crippen LogP contribution in [0.15, 0.2) is 24.3 Å². The van der Waals surface area contributed by atoms with Crippen LogP contribution in [0.1, 0.15) is 25.8 Å². The molecule has 0 spiro atoms. The molecule has 0 fully saturated rings. The van der Waals surface area contributed by atoms with Crippen LogP contribution in [-0.4, -0.2) is 0 Å². The monoisotopic (exact) mass is 206 g/mol. The van der Waals surface area contributed by atoms with E-state index in [9.17, 15) is 0 Å². The quantitative estimate of drug-likeness (QED) is 0.644. The summed E-state index contributed by atoms with van der Waals surface area (Å²) in [5.41, 5.74) is 1.30. The fourth-order valence-corrected chi connectivity index (χ4v) is 1.43. The van der Waals surface area contributed by atoms with Crippen LogP contribution in [0, 0.1) is 17.8 Å². The van der Waals surface area contributed by atoms with E-state index in [1.165, 1.54) is 5.56 Å². The van der Waals surface area contributed by atoms with Gasteiger partial charge in [0.2, 0.25) is 0 Å². The van der Waals surface area contributed by atoms with Gasteiger partial charge in [-0.3, -0.25) is 0 Å². The Morgan fingerprint density at radius 2 is 1.93 bits per heavy atom. The zero-order valence-corrected chi connectivity index (χ0v) is 9.43. The van der Waals surface area contributed by atoms with Crippen LogP contribution in [-0.2, 0) is 6.42 Å². The maximum Gasteiger partial charge on any atom is 0.0406 e. The van der Waals surface area contributed by atoms with Crippen molar-refractivity contribution in [3.8, 4) is 11.8 Å². The summed E-state index contributed by atoms with van der Waals surface area (Å²) in [5.74, 6) is 6.74. The molecule has 1 aromatic carbocycles. The fraction of sp³-hybridized carbons (Fsp3) is 0.385. The first kappa shape index (κ1) is 11.1. The van der Waals surface area contributed by atoms with Crippen LogP contribution in [0.5, 0.6) is 0 Å². The van der Waals surface area contributed by atoms with Crippen molar-refractivity contribution in [1.82, 2.24) is 0 Å². The van der Waals surface area contributed by atoms with Gasteiger partial charge in [-0.25, -0.2) is 0 Å². The van der Waals surface area contributed by atoms with E-state index in [-0.39, 0.29) is 0 Å². The maximum atomic E-state index is 5.80. The van der Waals surface area contributed by atoms with E-state index < -0.39 is 0 Å². The van der Waals surface area contributed by atoms with Gasteiger partial charge in [0.15, 0.2) is 0 Å². The number of hydrogen-bond acceptors (Lipinski definition) is 0. The van der Waals surface area contributed by atoms with Crippen molar-refractivity contribution in [2.24, 2.45) is 5.92 Å². The molecule has 0 saturated heterocycles. The lowest BCUT2D eigenvalue weighted by atomic mass is 10.0. The maximum absolute atomic E-state index is 5.80. The van der Waals surface area contributed by atoms with E-state index in [2.05, 4.69) is 37.8 Å². The van der Waals surface area contributed by atoms with Crippen molar-refractivity contribution in [2.75, 3.05) is 0 Å². The summed E-state index contributed by atoms with van der Waals surface area (Å²) in [6.45, 7) is 4.22. The first-order valence-electron chi connectivity index (χ1n) is 4.95. The van der Waals surface area contributed by atoms with E-state index in [4.69, 9.17) is 11.6 Å². The molecule has 0 aliphatic rings. The predicted octanol–water partition coefficient (Wildman–Crippen LogP) is 3.93. The highest BCUT2D eigenvalue weighted by molar-refractivity contribution is 6.30. The Morgan fingerprint density at radius 3 is 2.50 bits per heavy atom. The van der Waals surface area contributed by atoms with Gasteiger partial charge in [0.05, 0.1) is 0 Å². The summed E-state index contributed by atoms with van der Waals surface area (Å²) in [5, 5.41) is 0.793. The molecule has 0 saturated carbocycles. The normalized spacial score (nSPS) is 11.6. The molecule has 0 aliphatic carbocycles. The van der Waals surface area contributed by atoms with Gasteiger partial charge in [-0.1, -0.05) is 43.5 Å². The fourth-order valence-electron chi connectivity index (χ4n) is 1.30. The molecule has 74 valence electrons. The standard InChI is InChI=1S/C13H15Cl/c1-3-4-5-11(2)10-12-6-8-13(14)9-7-12/h6-9,11H,3,10H2,1-2H3. The van der Waals surface area contributed by atoms with Gasteiger partial charge in [0, 0.05) is 17.4 Å². The first-order chi connectivity index (χ1) is 6.72. The first-order valence-corrected chi connectivity index (χ1v) is 5.33. The van der Waals surface area contributed by atoms with Gasteiger partial charge in [0.25, 0.3) is 0 Å². The van der Waals surface area contributed by atoms with Gasteiger partial charge >= 0.3 is 0 Å². The molecule has 1 heteroatoms. The highest BCUT2D eigenvalue weighted by Gasteiger charge is 1.99. The van der Waals surface area contributed by atoms with Crippen LogP contribution < -0.4 is 0 Å². The minimum absolute atomic E-state index is 0.427. The third-order valence-corrected chi connectivity index (χ3v) is 2.23. The molecule has 1 aromatic rings. The lowest BCUT2D eigenvalue weighted by Crippen LogP contribution is -1.95. The molecule has 0 aromatic heterocycles. The molecular weight excluding hydrogens is 192 g/mol. The average Bonchev–Trinajstić information content (AvgIpc) is 2.18. The van der Waals surface area contributed by atoms with Crippen LogP contribution in [0.2, 0.25) is 5.02 Å². The molecule has 1 unspecified atom stereocenters. The molecule has 0 nitrogen and oxygen atoms in total. The number of benzene rings is 1. The van der Waals surface area contributed by atoms with Gasteiger partial charge < -0.3 is 0 Å². The van der Waals surface area contributed by atoms with Crippen molar-refractivity contribution >= 4 is 11.6 Å². The summed E-state index contributed by atoms with van der Waals surface area (Å²) in [6, 6.07) is 7.98. The predicted molar refractivity (Wildman–Crippen MR) is 62.4 cm³/mol. The van der Waals surface area contributed by atoms with E-state index in [1.807, 2.05) is 12.1 Å². The Kier molecular flexibility index (Phi) is 4.56. The Morgan fingerprint density at radius 1 is 1.29 bits per heavy atom. The molecule has 1 atom stereocenters. The zero-order chi connectivity index (χ0) is 10.4. The molecule has 0 radical (unpaired) electrons. The van der Waals surface area contributed by atoms with Gasteiger partial charge in [-0.15, -0.1) is 5.92 Å². The third kappa shape index (κ3) is 3.85. The Labute approximate surface area is 91.3 Å². The summed E-state index contributed by atoms with van der Waals surface area (Å²) in [7, 11) is 0. The molecule has 1 rings (SSSR count). The number of rotatable bonds is 2. The summed E-state index contributed by atoms with van der Waals surface area (Å²) >= 11 is 5.80. The van der Waals surface area contributed by atoms with E-state index >= 15 is 0 Å². The van der Waals surface area contributed by atoms with Crippen LogP contribution >= 0.6 is 11.6 Å². The van der Waals surface area contributed by atoms with E-state index in [0.29, 0.717) is 5.92 Å². The highest BCUT2D eigenvalue weighted by atomic mass is 35.5. The minimum atomic E-state index is 0.427. The minimum Gasteiger partial charge on any atom is -0.103 e. The molecular formula is C13H15Cl. The Balaban J connectivity index is 2.56. The Bertz CT molecular complexity index is 326. The molecule has 14 heavy (non-hydrogen) atoms. The second-order valence-electron chi connectivity index (χ2n) is 3.41. The van der Waals surface area contributed by atoms with Gasteiger partial charge in [-0.05, 0) is 24.1 Å². The smallest absolute Gasteiger partial charge is 0.0406 e. The second kappa shape index (κ2) is 5.73. The third-order valence-electron chi connectivity index (χ3n) is 1.98. The SMILES string of the molecule is CCC#CC(C)Cc1ccc(Cl)cc1. The second-order valence-corrected chi connectivity index (χ2v) is 3.84. The Hall–Kier alpha value is -0.930. The van der Waals surface area contributed by atoms with Crippen LogP contribution in [0.3, 0.4) is 0 Å². The highest BCUT2D eigenvalue weighted by Crippen LogP contribution is 2.12. The van der Waals surface area contributed by atoms with E-state index in [0.717, 1.165) is 17.9 Å². The lowest BCUT2D eigenvalue weighted by molar-refractivity contribution is 0.749.